The molecule has 0 aliphatic heterocycles. The lowest BCUT2D eigenvalue weighted by atomic mass is 10.1. The highest BCUT2D eigenvalue weighted by Crippen LogP contribution is 2.32. The van der Waals surface area contributed by atoms with Gasteiger partial charge in [0.25, 0.3) is 0 Å². The molecule has 0 saturated carbocycles. The van der Waals surface area contributed by atoms with Crippen molar-refractivity contribution in [3.63, 3.8) is 0 Å². The van der Waals surface area contributed by atoms with Crippen molar-refractivity contribution in [2.45, 2.75) is 13.8 Å². The molecular weight excluding hydrogens is 270 g/mol. The molecule has 0 radical (unpaired) electrons. The fraction of sp³-hybridized carbons (Fsp3) is 0.250. The van der Waals surface area contributed by atoms with Gasteiger partial charge in [-0.3, -0.25) is 4.79 Å². The molecule has 6 nitrogen and oxygen atoms in total. The summed E-state index contributed by atoms with van der Waals surface area (Å²) in [6, 6.07) is 0. The van der Waals surface area contributed by atoms with Gasteiger partial charge in [-0.2, -0.15) is 0 Å². The lowest BCUT2D eigenvalue weighted by Crippen LogP contribution is -2.12. The molecule has 7 heteroatoms. The molecule has 0 spiro atoms. The fourth-order valence-corrected chi connectivity index (χ4v) is 2.41. The molecule has 0 aromatic carbocycles. The number of methoxy groups -OCH3 is 1. The Kier molecular flexibility index (Phi) is 4.82. The molecule has 1 heterocycles. The van der Waals surface area contributed by atoms with Gasteiger partial charge in [-0.25, -0.2) is 9.59 Å². The summed E-state index contributed by atoms with van der Waals surface area (Å²) in [5.74, 6) is -2.38. The first kappa shape index (κ1) is 14.9. The molecule has 1 rings (SSSR count). The third-order valence-electron chi connectivity index (χ3n) is 2.39. The van der Waals surface area contributed by atoms with Crippen molar-refractivity contribution in [2.24, 2.45) is 0 Å². The van der Waals surface area contributed by atoms with Crippen LogP contribution in [0.1, 0.15) is 20.8 Å². The smallest absolute Gasteiger partial charge is 0.341 e. The largest absolute Gasteiger partial charge is 0.478 e. The number of amides is 1. The Bertz CT molecular complexity index is 559. The zero-order valence-electron chi connectivity index (χ0n) is 10.6. The Morgan fingerprint density at radius 1 is 1.26 bits per heavy atom. The van der Waals surface area contributed by atoms with E-state index in [1.165, 1.54) is 18.4 Å². The van der Waals surface area contributed by atoms with E-state index in [4.69, 9.17) is 5.11 Å². The van der Waals surface area contributed by atoms with Crippen molar-refractivity contribution >= 4 is 34.2 Å². The fourth-order valence-electron chi connectivity index (χ4n) is 1.36. The number of rotatable bonds is 4. The van der Waals surface area contributed by atoms with Crippen LogP contribution in [0.25, 0.3) is 0 Å². The highest BCUT2D eigenvalue weighted by atomic mass is 32.1. The topological polar surface area (TPSA) is 92.7 Å². The van der Waals surface area contributed by atoms with Crippen LogP contribution < -0.4 is 5.32 Å². The first-order chi connectivity index (χ1) is 8.86. The Hall–Kier alpha value is -2.15. The summed E-state index contributed by atoms with van der Waals surface area (Å²) in [6.45, 7) is 3.57. The number of carboxylic acid groups (broad SMARTS) is 1. The maximum Gasteiger partial charge on any atom is 0.341 e. The molecule has 0 saturated heterocycles. The minimum atomic E-state index is -1.22. The van der Waals surface area contributed by atoms with Gasteiger partial charge in [0.1, 0.15) is 5.00 Å². The Morgan fingerprint density at radius 3 is 2.42 bits per heavy atom. The normalized spacial score (nSPS) is 10.5. The molecule has 19 heavy (non-hydrogen) atoms. The lowest BCUT2D eigenvalue weighted by molar-refractivity contribution is -0.131. The maximum atomic E-state index is 11.6. The molecule has 0 bridgehead atoms. The summed E-state index contributed by atoms with van der Waals surface area (Å²) in [6.07, 6.45) is 1.61. The highest BCUT2D eigenvalue weighted by Gasteiger charge is 2.20. The van der Waals surface area contributed by atoms with Gasteiger partial charge >= 0.3 is 11.9 Å². The molecule has 1 aromatic rings. The number of carbonyl (C=O) groups is 3. The van der Waals surface area contributed by atoms with Gasteiger partial charge in [-0.15, -0.1) is 11.3 Å². The third kappa shape index (κ3) is 3.65. The van der Waals surface area contributed by atoms with Gasteiger partial charge in [-0.1, -0.05) is 0 Å². The molecular formula is C12H13NO5S. The number of hydrogen-bond donors (Lipinski definition) is 2. The van der Waals surface area contributed by atoms with Crippen LogP contribution in [0, 0.1) is 13.8 Å². The number of carbonyl (C=O) groups excluding carboxylic acids is 2. The number of anilines is 1. The van der Waals surface area contributed by atoms with Gasteiger partial charge in [0, 0.05) is 17.0 Å². The lowest BCUT2D eigenvalue weighted by Gasteiger charge is -2.03. The molecule has 102 valence electrons. The van der Waals surface area contributed by atoms with E-state index < -0.39 is 17.8 Å². The third-order valence-corrected chi connectivity index (χ3v) is 3.51. The second-order valence-corrected chi connectivity index (χ2v) is 4.86. The summed E-state index contributed by atoms with van der Waals surface area (Å²) in [7, 11) is 1.25. The Morgan fingerprint density at radius 2 is 1.89 bits per heavy atom. The molecule has 0 unspecified atom stereocenters. The molecule has 1 amide bonds. The summed E-state index contributed by atoms with van der Waals surface area (Å²) in [4.78, 5) is 34.3. The minimum absolute atomic E-state index is 0.294. The number of carboxylic acids is 1. The van der Waals surface area contributed by atoms with Crippen LogP contribution >= 0.6 is 11.3 Å². The molecule has 0 fully saturated rings. The quantitative estimate of drug-likeness (QED) is 0.648. The van der Waals surface area contributed by atoms with Crippen LogP contribution in [0.5, 0.6) is 0 Å². The van der Waals surface area contributed by atoms with Crippen LogP contribution in [0.15, 0.2) is 12.2 Å². The van der Waals surface area contributed by atoms with E-state index in [-0.39, 0.29) is 0 Å². The number of ether oxygens (including phenoxy) is 1. The van der Waals surface area contributed by atoms with Gasteiger partial charge < -0.3 is 15.2 Å². The average molecular weight is 283 g/mol. The number of thiophene rings is 1. The standard InChI is InChI=1S/C12H13NO5S/c1-6-7(2)19-11(10(6)12(17)18-3)13-8(14)4-5-9(15)16/h4-5H,1-3H3,(H,13,14)(H,15,16)/b5-4+. The average Bonchev–Trinajstić information content (AvgIpc) is 2.61. The Labute approximate surface area is 113 Å². The first-order valence-electron chi connectivity index (χ1n) is 5.27. The van der Waals surface area contributed by atoms with E-state index in [1.54, 1.807) is 6.92 Å². The van der Waals surface area contributed by atoms with Gasteiger partial charge in [0.15, 0.2) is 0 Å². The van der Waals surface area contributed by atoms with Crippen molar-refractivity contribution in [2.75, 3.05) is 12.4 Å². The predicted molar refractivity (Wildman–Crippen MR) is 70.5 cm³/mol. The predicted octanol–water partition coefficient (Wildman–Crippen LogP) is 1.73. The van der Waals surface area contributed by atoms with Crippen LogP contribution in [0.3, 0.4) is 0 Å². The summed E-state index contributed by atoms with van der Waals surface area (Å²) in [5.41, 5.74) is 1.02. The monoisotopic (exact) mass is 283 g/mol. The van der Waals surface area contributed by atoms with Gasteiger partial charge in [-0.05, 0) is 19.4 Å². The summed E-state index contributed by atoms with van der Waals surface area (Å²) >= 11 is 1.23. The second-order valence-electron chi connectivity index (χ2n) is 3.64. The van der Waals surface area contributed by atoms with E-state index in [0.29, 0.717) is 10.6 Å². The summed E-state index contributed by atoms with van der Waals surface area (Å²) < 4.78 is 4.66. The van der Waals surface area contributed by atoms with Crippen molar-refractivity contribution in [1.82, 2.24) is 0 Å². The number of esters is 1. The van der Waals surface area contributed by atoms with E-state index in [0.717, 1.165) is 22.6 Å². The number of hydrogen-bond acceptors (Lipinski definition) is 5. The van der Waals surface area contributed by atoms with Crippen LogP contribution in [-0.2, 0) is 14.3 Å². The van der Waals surface area contributed by atoms with Gasteiger partial charge in [0.05, 0.1) is 12.7 Å². The van der Waals surface area contributed by atoms with E-state index >= 15 is 0 Å². The van der Waals surface area contributed by atoms with Crippen LogP contribution in [0.4, 0.5) is 5.00 Å². The molecule has 1 aromatic heterocycles. The maximum absolute atomic E-state index is 11.6. The molecule has 0 atom stereocenters. The number of aryl methyl sites for hydroxylation is 1. The number of aliphatic carboxylic acids is 1. The van der Waals surface area contributed by atoms with Crippen molar-refractivity contribution < 1.29 is 24.2 Å². The first-order valence-corrected chi connectivity index (χ1v) is 6.08. The van der Waals surface area contributed by atoms with E-state index in [1.807, 2.05) is 6.92 Å². The van der Waals surface area contributed by atoms with E-state index in [9.17, 15) is 14.4 Å². The van der Waals surface area contributed by atoms with Gasteiger partial charge in [0.2, 0.25) is 5.91 Å². The molecule has 2 N–H and O–H groups in total. The van der Waals surface area contributed by atoms with Crippen molar-refractivity contribution in [3.8, 4) is 0 Å². The van der Waals surface area contributed by atoms with Crippen LogP contribution in [0.2, 0.25) is 0 Å². The summed E-state index contributed by atoms with van der Waals surface area (Å²) in [5, 5.41) is 11.2. The molecule has 0 aliphatic rings. The second kappa shape index (κ2) is 6.14. The number of nitrogens with one attached hydrogen (secondary N) is 1. The highest BCUT2D eigenvalue weighted by molar-refractivity contribution is 7.16. The zero-order valence-corrected chi connectivity index (χ0v) is 11.5. The zero-order chi connectivity index (χ0) is 14.6. The molecule has 0 aliphatic carbocycles. The van der Waals surface area contributed by atoms with Crippen molar-refractivity contribution in [3.05, 3.63) is 28.2 Å². The van der Waals surface area contributed by atoms with Crippen molar-refractivity contribution in [1.29, 1.82) is 0 Å². The van der Waals surface area contributed by atoms with E-state index in [2.05, 4.69) is 10.1 Å². The Balaban J connectivity index is 3.02. The van der Waals surface area contributed by atoms with Crippen LogP contribution in [-0.4, -0.2) is 30.1 Å². The SMILES string of the molecule is COC(=O)c1c(NC(=O)/C=C/C(=O)O)sc(C)c1C. The minimum Gasteiger partial charge on any atom is -0.478 e.